The molecular weight excluding hydrogens is 267 g/mol. The first-order valence-electron chi connectivity index (χ1n) is 5.90. The largest absolute Gasteiger partial charge is 0.369 e. The summed E-state index contributed by atoms with van der Waals surface area (Å²) in [7, 11) is 0. The third-order valence-electron chi connectivity index (χ3n) is 3.08. The van der Waals surface area contributed by atoms with Crippen LogP contribution in [-0.2, 0) is 6.54 Å². The standard InChI is InChI=1S/C14H10F3N3/c15-9-2-1-8(11(17)5-9)7-20-13-4-3-10(16)6-12(13)19-14(20)18/h1-6H,7H2,(H2,18,19). The lowest BCUT2D eigenvalue weighted by molar-refractivity contribution is 0.568. The van der Waals surface area contributed by atoms with Crippen LogP contribution < -0.4 is 5.73 Å². The minimum absolute atomic E-state index is 0.0973. The van der Waals surface area contributed by atoms with E-state index in [4.69, 9.17) is 5.73 Å². The third-order valence-corrected chi connectivity index (χ3v) is 3.08. The normalized spacial score (nSPS) is 11.2. The molecule has 2 N–H and O–H groups in total. The molecule has 2 aromatic carbocycles. The zero-order valence-corrected chi connectivity index (χ0v) is 10.3. The van der Waals surface area contributed by atoms with Crippen LogP contribution in [0, 0.1) is 17.5 Å². The number of aromatic nitrogens is 2. The van der Waals surface area contributed by atoms with Gasteiger partial charge in [0.1, 0.15) is 17.5 Å². The fourth-order valence-electron chi connectivity index (χ4n) is 2.11. The van der Waals surface area contributed by atoms with Crippen LogP contribution in [0.15, 0.2) is 36.4 Å². The minimum Gasteiger partial charge on any atom is -0.369 e. The number of anilines is 1. The number of hydrogen-bond acceptors (Lipinski definition) is 2. The van der Waals surface area contributed by atoms with Crippen molar-refractivity contribution in [1.29, 1.82) is 0 Å². The molecule has 3 aromatic rings. The Hall–Kier alpha value is -2.50. The number of rotatable bonds is 2. The maximum atomic E-state index is 13.7. The summed E-state index contributed by atoms with van der Waals surface area (Å²) in [5.41, 5.74) is 7.03. The molecule has 0 saturated carbocycles. The zero-order valence-electron chi connectivity index (χ0n) is 10.3. The van der Waals surface area contributed by atoms with Gasteiger partial charge in [0.2, 0.25) is 5.95 Å². The SMILES string of the molecule is Nc1nc2cc(F)ccc2n1Cc1ccc(F)cc1F. The van der Waals surface area contributed by atoms with Crippen LogP contribution in [0.2, 0.25) is 0 Å². The van der Waals surface area contributed by atoms with E-state index >= 15 is 0 Å². The van der Waals surface area contributed by atoms with Crippen LogP contribution in [0.1, 0.15) is 5.56 Å². The molecule has 0 unspecified atom stereocenters. The lowest BCUT2D eigenvalue weighted by Gasteiger charge is -2.07. The van der Waals surface area contributed by atoms with Gasteiger partial charge in [-0.1, -0.05) is 6.07 Å². The Morgan fingerprint density at radius 3 is 2.45 bits per heavy atom. The van der Waals surface area contributed by atoms with Gasteiger partial charge in [0.15, 0.2) is 0 Å². The van der Waals surface area contributed by atoms with E-state index < -0.39 is 17.5 Å². The van der Waals surface area contributed by atoms with E-state index in [9.17, 15) is 13.2 Å². The van der Waals surface area contributed by atoms with E-state index in [0.29, 0.717) is 11.0 Å². The fourth-order valence-corrected chi connectivity index (χ4v) is 2.11. The first-order chi connectivity index (χ1) is 9.54. The van der Waals surface area contributed by atoms with Gasteiger partial charge in [-0.2, -0.15) is 0 Å². The highest BCUT2D eigenvalue weighted by Crippen LogP contribution is 2.21. The Balaban J connectivity index is 2.08. The lowest BCUT2D eigenvalue weighted by Crippen LogP contribution is -2.06. The minimum atomic E-state index is -0.659. The average molecular weight is 277 g/mol. The highest BCUT2D eigenvalue weighted by atomic mass is 19.1. The molecule has 0 atom stereocenters. The molecular formula is C14H10F3N3. The molecule has 0 radical (unpaired) electrons. The number of nitrogens with two attached hydrogens (primary N) is 1. The van der Waals surface area contributed by atoms with Crippen LogP contribution >= 0.6 is 0 Å². The molecule has 3 nitrogen and oxygen atoms in total. The van der Waals surface area contributed by atoms with E-state index in [1.807, 2.05) is 0 Å². The Morgan fingerprint density at radius 1 is 1.00 bits per heavy atom. The first kappa shape index (κ1) is 12.5. The summed E-state index contributed by atoms with van der Waals surface area (Å²) in [5, 5.41) is 0. The van der Waals surface area contributed by atoms with Gasteiger partial charge >= 0.3 is 0 Å². The van der Waals surface area contributed by atoms with Crippen molar-refractivity contribution in [1.82, 2.24) is 9.55 Å². The van der Waals surface area contributed by atoms with Gasteiger partial charge in [-0.25, -0.2) is 18.2 Å². The number of hydrogen-bond donors (Lipinski definition) is 1. The van der Waals surface area contributed by atoms with Gasteiger partial charge in [0, 0.05) is 17.7 Å². The second kappa shape index (κ2) is 4.56. The smallest absolute Gasteiger partial charge is 0.201 e. The second-order valence-corrected chi connectivity index (χ2v) is 4.42. The van der Waals surface area contributed by atoms with Gasteiger partial charge < -0.3 is 10.3 Å². The summed E-state index contributed by atoms with van der Waals surface area (Å²) in [6.45, 7) is 0.0973. The van der Waals surface area contributed by atoms with E-state index in [0.717, 1.165) is 6.07 Å². The summed E-state index contributed by atoms with van der Waals surface area (Å²) < 4.78 is 41.2. The second-order valence-electron chi connectivity index (χ2n) is 4.42. The summed E-state index contributed by atoms with van der Waals surface area (Å²) in [6, 6.07) is 7.39. The summed E-state index contributed by atoms with van der Waals surface area (Å²) in [6.07, 6.45) is 0. The molecule has 0 saturated heterocycles. The number of benzene rings is 2. The Bertz CT molecular complexity index is 796. The van der Waals surface area contributed by atoms with Gasteiger partial charge in [-0.05, 0) is 18.2 Å². The third kappa shape index (κ3) is 2.09. The molecule has 6 heteroatoms. The molecule has 0 amide bonds. The predicted octanol–water partition coefficient (Wildman–Crippen LogP) is 3.08. The van der Waals surface area contributed by atoms with Crippen molar-refractivity contribution in [3.8, 4) is 0 Å². The molecule has 20 heavy (non-hydrogen) atoms. The van der Waals surface area contributed by atoms with Crippen molar-refractivity contribution < 1.29 is 13.2 Å². The van der Waals surface area contributed by atoms with Crippen molar-refractivity contribution in [3.63, 3.8) is 0 Å². The van der Waals surface area contributed by atoms with Crippen molar-refractivity contribution in [3.05, 3.63) is 59.4 Å². The molecule has 1 aromatic heterocycles. The van der Waals surface area contributed by atoms with Crippen LogP contribution in [0.5, 0.6) is 0 Å². The van der Waals surface area contributed by atoms with Gasteiger partial charge in [0.25, 0.3) is 0 Å². The van der Waals surface area contributed by atoms with Crippen LogP contribution in [0.25, 0.3) is 11.0 Å². The monoisotopic (exact) mass is 277 g/mol. The van der Waals surface area contributed by atoms with Crippen LogP contribution in [-0.4, -0.2) is 9.55 Å². The van der Waals surface area contributed by atoms with Crippen molar-refractivity contribution in [2.45, 2.75) is 6.54 Å². The maximum absolute atomic E-state index is 13.7. The molecule has 0 bridgehead atoms. The summed E-state index contributed by atoms with van der Waals surface area (Å²) in [5.74, 6) is -1.57. The Labute approximate surface area is 112 Å². The van der Waals surface area contributed by atoms with E-state index in [-0.39, 0.29) is 18.1 Å². The number of halogens is 3. The topological polar surface area (TPSA) is 43.8 Å². The molecule has 1 heterocycles. The molecule has 0 fully saturated rings. The van der Waals surface area contributed by atoms with Gasteiger partial charge in [-0.3, -0.25) is 0 Å². The van der Waals surface area contributed by atoms with Gasteiger partial charge in [-0.15, -0.1) is 0 Å². The average Bonchev–Trinajstić information content (AvgIpc) is 2.68. The van der Waals surface area contributed by atoms with E-state index in [1.165, 1.54) is 30.3 Å². The molecule has 0 aliphatic rings. The predicted molar refractivity (Wildman–Crippen MR) is 69.6 cm³/mol. The molecule has 0 aliphatic carbocycles. The van der Waals surface area contributed by atoms with Crippen LogP contribution in [0.4, 0.5) is 19.1 Å². The molecule has 0 aliphatic heterocycles. The molecule has 102 valence electrons. The Kier molecular flexibility index (Phi) is 2.85. The Morgan fingerprint density at radius 2 is 1.70 bits per heavy atom. The number of fused-ring (bicyclic) bond motifs is 1. The highest BCUT2D eigenvalue weighted by Gasteiger charge is 2.12. The van der Waals surface area contributed by atoms with E-state index in [2.05, 4.69) is 4.98 Å². The first-order valence-corrected chi connectivity index (χ1v) is 5.90. The summed E-state index contributed by atoms with van der Waals surface area (Å²) >= 11 is 0. The van der Waals surface area contributed by atoms with Crippen molar-refractivity contribution in [2.24, 2.45) is 0 Å². The van der Waals surface area contributed by atoms with E-state index in [1.54, 1.807) is 4.57 Å². The van der Waals surface area contributed by atoms with Crippen molar-refractivity contribution >= 4 is 17.0 Å². The number of imidazole rings is 1. The fraction of sp³-hybridized carbons (Fsp3) is 0.0714. The quantitative estimate of drug-likeness (QED) is 0.782. The summed E-state index contributed by atoms with van der Waals surface area (Å²) in [4.78, 5) is 4.02. The molecule has 0 spiro atoms. The molecule has 3 rings (SSSR count). The van der Waals surface area contributed by atoms with Crippen LogP contribution in [0.3, 0.4) is 0 Å². The zero-order chi connectivity index (χ0) is 14.3. The number of nitrogens with zero attached hydrogens (tertiary/aromatic N) is 2. The number of nitrogen functional groups attached to an aromatic ring is 1. The highest BCUT2D eigenvalue weighted by molar-refractivity contribution is 5.78. The maximum Gasteiger partial charge on any atom is 0.201 e. The van der Waals surface area contributed by atoms with Crippen molar-refractivity contribution in [2.75, 3.05) is 5.73 Å². The van der Waals surface area contributed by atoms with Gasteiger partial charge in [0.05, 0.1) is 17.6 Å². The lowest BCUT2D eigenvalue weighted by atomic mass is 10.2.